The summed E-state index contributed by atoms with van der Waals surface area (Å²) < 4.78 is 5.63. The van der Waals surface area contributed by atoms with E-state index in [4.69, 9.17) is 4.74 Å². The lowest BCUT2D eigenvalue weighted by Gasteiger charge is -2.32. The highest BCUT2D eigenvalue weighted by molar-refractivity contribution is 5.76. The van der Waals surface area contributed by atoms with Crippen molar-refractivity contribution in [1.82, 2.24) is 4.90 Å². The maximum absolute atomic E-state index is 11.8. The number of ether oxygens (including phenoxy) is 1. The molecule has 1 aliphatic rings. The first-order valence-electron chi connectivity index (χ1n) is 6.75. The smallest absolute Gasteiger partial charge is 0.222 e. The van der Waals surface area contributed by atoms with Crippen LogP contribution in [-0.4, -0.2) is 30.5 Å². The Hall–Kier alpha value is -1.51. The lowest BCUT2D eigenvalue weighted by molar-refractivity contribution is -0.135. The Labute approximate surface area is 109 Å². The zero-order valence-corrected chi connectivity index (χ0v) is 11.0. The molecule has 1 heterocycles. The van der Waals surface area contributed by atoms with E-state index in [1.165, 1.54) is 0 Å². The van der Waals surface area contributed by atoms with Crippen LogP contribution in [0.25, 0.3) is 0 Å². The van der Waals surface area contributed by atoms with Gasteiger partial charge in [0.25, 0.3) is 0 Å². The van der Waals surface area contributed by atoms with Crippen molar-refractivity contribution in [3.8, 4) is 5.75 Å². The summed E-state index contributed by atoms with van der Waals surface area (Å²) in [5, 5.41) is 0. The van der Waals surface area contributed by atoms with Crippen molar-refractivity contribution in [3.05, 3.63) is 30.3 Å². The summed E-state index contributed by atoms with van der Waals surface area (Å²) in [6.45, 7) is 4.36. The Morgan fingerprint density at radius 1 is 1.33 bits per heavy atom. The van der Waals surface area contributed by atoms with Crippen LogP contribution in [0.15, 0.2) is 30.3 Å². The quantitative estimate of drug-likeness (QED) is 0.800. The van der Waals surface area contributed by atoms with Crippen molar-refractivity contribution in [1.29, 1.82) is 0 Å². The number of amides is 1. The van der Waals surface area contributed by atoms with Crippen molar-refractivity contribution in [2.45, 2.75) is 26.2 Å². The second-order valence-electron chi connectivity index (χ2n) is 4.81. The molecule has 0 saturated carbocycles. The van der Waals surface area contributed by atoms with Gasteiger partial charge in [0.2, 0.25) is 5.91 Å². The molecular formula is C15H21NO2. The van der Waals surface area contributed by atoms with Gasteiger partial charge in [-0.1, -0.05) is 31.5 Å². The molecule has 1 saturated heterocycles. The second-order valence-corrected chi connectivity index (χ2v) is 4.81. The van der Waals surface area contributed by atoms with E-state index in [9.17, 15) is 4.79 Å². The van der Waals surface area contributed by atoms with E-state index in [0.717, 1.165) is 25.1 Å². The predicted octanol–water partition coefficient (Wildman–Crippen LogP) is 2.71. The third kappa shape index (κ3) is 3.49. The summed E-state index contributed by atoms with van der Waals surface area (Å²) in [4.78, 5) is 13.7. The monoisotopic (exact) mass is 247 g/mol. The molecule has 0 radical (unpaired) electrons. The number of carbonyl (C=O) groups excluding carboxylic acids is 1. The van der Waals surface area contributed by atoms with E-state index in [0.29, 0.717) is 25.5 Å². The van der Waals surface area contributed by atoms with Gasteiger partial charge >= 0.3 is 0 Å². The lowest BCUT2D eigenvalue weighted by Crippen LogP contribution is -2.41. The van der Waals surface area contributed by atoms with Crippen LogP contribution in [0.1, 0.15) is 26.2 Å². The molecule has 2 rings (SSSR count). The standard InChI is InChI=1S/C15H21NO2/c1-2-13-8-9-15(17)16(12-13)10-11-18-14-6-4-3-5-7-14/h3-7,13H,2,8-12H2,1H3. The number of hydrogen-bond acceptors (Lipinski definition) is 2. The van der Waals surface area contributed by atoms with E-state index >= 15 is 0 Å². The van der Waals surface area contributed by atoms with Crippen LogP contribution in [0.5, 0.6) is 5.75 Å². The van der Waals surface area contributed by atoms with Gasteiger partial charge in [0.15, 0.2) is 0 Å². The molecule has 18 heavy (non-hydrogen) atoms. The van der Waals surface area contributed by atoms with Crippen LogP contribution in [0.4, 0.5) is 0 Å². The Bertz CT molecular complexity index is 377. The maximum atomic E-state index is 11.8. The molecule has 98 valence electrons. The molecule has 0 N–H and O–H groups in total. The average Bonchev–Trinajstić information content (AvgIpc) is 2.42. The summed E-state index contributed by atoms with van der Waals surface area (Å²) >= 11 is 0. The minimum Gasteiger partial charge on any atom is -0.492 e. The molecule has 3 nitrogen and oxygen atoms in total. The number of para-hydroxylation sites is 1. The van der Waals surface area contributed by atoms with Gasteiger partial charge in [-0.3, -0.25) is 4.79 Å². The van der Waals surface area contributed by atoms with Gasteiger partial charge in [-0.05, 0) is 24.5 Å². The third-order valence-electron chi connectivity index (χ3n) is 3.55. The van der Waals surface area contributed by atoms with Crippen LogP contribution >= 0.6 is 0 Å². The van der Waals surface area contributed by atoms with Crippen molar-refractivity contribution in [2.24, 2.45) is 5.92 Å². The maximum Gasteiger partial charge on any atom is 0.222 e. The average molecular weight is 247 g/mol. The number of rotatable bonds is 5. The molecule has 1 atom stereocenters. The highest BCUT2D eigenvalue weighted by Gasteiger charge is 2.23. The van der Waals surface area contributed by atoms with Crippen molar-refractivity contribution in [2.75, 3.05) is 19.7 Å². The fourth-order valence-corrected chi connectivity index (χ4v) is 2.33. The molecular weight excluding hydrogens is 226 g/mol. The molecule has 1 fully saturated rings. The molecule has 0 aliphatic carbocycles. The lowest BCUT2D eigenvalue weighted by atomic mass is 9.95. The summed E-state index contributed by atoms with van der Waals surface area (Å²) in [6.07, 6.45) is 2.90. The van der Waals surface area contributed by atoms with E-state index in [1.54, 1.807) is 0 Å². The summed E-state index contributed by atoms with van der Waals surface area (Å²) in [5.74, 6) is 1.81. The number of piperidine rings is 1. The highest BCUT2D eigenvalue weighted by atomic mass is 16.5. The number of carbonyl (C=O) groups is 1. The molecule has 1 amide bonds. The van der Waals surface area contributed by atoms with E-state index in [1.807, 2.05) is 35.2 Å². The molecule has 1 aromatic carbocycles. The van der Waals surface area contributed by atoms with Gasteiger partial charge in [0.1, 0.15) is 12.4 Å². The summed E-state index contributed by atoms with van der Waals surface area (Å²) in [5.41, 5.74) is 0. The first-order valence-corrected chi connectivity index (χ1v) is 6.75. The minimum atomic E-state index is 0.274. The predicted molar refractivity (Wildman–Crippen MR) is 71.5 cm³/mol. The van der Waals surface area contributed by atoms with Crippen molar-refractivity contribution in [3.63, 3.8) is 0 Å². The fraction of sp³-hybridized carbons (Fsp3) is 0.533. The van der Waals surface area contributed by atoms with Crippen LogP contribution < -0.4 is 4.74 Å². The molecule has 3 heteroatoms. The largest absolute Gasteiger partial charge is 0.492 e. The molecule has 0 aromatic heterocycles. The van der Waals surface area contributed by atoms with Gasteiger partial charge < -0.3 is 9.64 Å². The van der Waals surface area contributed by atoms with Gasteiger partial charge in [-0.2, -0.15) is 0 Å². The van der Waals surface area contributed by atoms with Crippen molar-refractivity contribution >= 4 is 5.91 Å². The Morgan fingerprint density at radius 2 is 2.11 bits per heavy atom. The highest BCUT2D eigenvalue weighted by Crippen LogP contribution is 2.20. The number of hydrogen-bond donors (Lipinski definition) is 0. The summed E-state index contributed by atoms with van der Waals surface area (Å²) in [7, 11) is 0. The zero-order chi connectivity index (χ0) is 12.8. The number of likely N-dealkylation sites (tertiary alicyclic amines) is 1. The molecule has 1 unspecified atom stereocenters. The van der Waals surface area contributed by atoms with Crippen LogP contribution in [0, 0.1) is 5.92 Å². The third-order valence-corrected chi connectivity index (χ3v) is 3.55. The SMILES string of the molecule is CCC1CCC(=O)N(CCOc2ccccc2)C1. The Kier molecular flexibility index (Phi) is 4.62. The minimum absolute atomic E-state index is 0.274. The van der Waals surface area contributed by atoms with Crippen LogP contribution in [-0.2, 0) is 4.79 Å². The first kappa shape index (κ1) is 12.9. The first-order chi connectivity index (χ1) is 8.79. The molecule has 0 spiro atoms. The van der Waals surface area contributed by atoms with Gasteiger partial charge in [0.05, 0.1) is 6.54 Å². The van der Waals surface area contributed by atoms with Crippen molar-refractivity contribution < 1.29 is 9.53 Å². The molecule has 0 bridgehead atoms. The summed E-state index contributed by atoms with van der Waals surface area (Å²) in [6, 6.07) is 9.75. The van der Waals surface area contributed by atoms with E-state index < -0.39 is 0 Å². The van der Waals surface area contributed by atoms with E-state index in [-0.39, 0.29) is 5.91 Å². The Morgan fingerprint density at radius 3 is 2.83 bits per heavy atom. The number of benzene rings is 1. The van der Waals surface area contributed by atoms with Gasteiger partial charge in [0, 0.05) is 13.0 Å². The van der Waals surface area contributed by atoms with E-state index in [2.05, 4.69) is 6.92 Å². The zero-order valence-electron chi connectivity index (χ0n) is 11.0. The van der Waals surface area contributed by atoms with Crippen LogP contribution in [0.2, 0.25) is 0 Å². The van der Waals surface area contributed by atoms with Gasteiger partial charge in [-0.15, -0.1) is 0 Å². The van der Waals surface area contributed by atoms with Gasteiger partial charge in [-0.25, -0.2) is 0 Å². The number of nitrogens with zero attached hydrogens (tertiary/aromatic N) is 1. The topological polar surface area (TPSA) is 29.5 Å². The van der Waals surface area contributed by atoms with Crippen LogP contribution in [0.3, 0.4) is 0 Å². The Balaban J connectivity index is 1.77. The molecule has 1 aromatic rings. The second kappa shape index (κ2) is 6.43. The normalized spacial score (nSPS) is 19.9. The molecule has 1 aliphatic heterocycles. The fourth-order valence-electron chi connectivity index (χ4n) is 2.33.